The number of methoxy groups -OCH3 is 1. The van der Waals surface area contributed by atoms with Crippen molar-refractivity contribution in [3.05, 3.63) is 53.6 Å². The van der Waals surface area contributed by atoms with E-state index in [9.17, 15) is 10.2 Å². The van der Waals surface area contributed by atoms with Crippen LogP contribution in [0.2, 0.25) is 0 Å². The molecule has 3 rings (SSSR count). The van der Waals surface area contributed by atoms with Gasteiger partial charge >= 0.3 is 0 Å². The van der Waals surface area contributed by atoms with Crippen LogP contribution in [0.5, 0.6) is 23.0 Å². The second kappa shape index (κ2) is 4.81. The minimum Gasteiger partial charge on any atom is -0.504 e. The molecule has 0 radical (unpaired) electrons. The van der Waals surface area contributed by atoms with Gasteiger partial charge in [-0.05, 0) is 17.7 Å². The van der Waals surface area contributed by atoms with Crippen LogP contribution >= 0.6 is 0 Å². The predicted molar refractivity (Wildman–Crippen MR) is 75.2 cm³/mol. The first-order chi connectivity index (χ1) is 9.70. The van der Waals surface area contributed by atoms with Crippen molar-refractivity contribution in [2.75, 3.05) is 7.11 Å². The topological polar surface area (TPSA) is 58.9 Å². The van der Waals surface area contributed by atoms with Crippen LogP contribution in [0.15, 0.2) is 42.5 Å². The van der Waals surface area contributed by atoms with Crippen LogP contribution in [0.4, 0.5) is 0 Å². The first kappa shape index (κ1) is 12.4. The summed E-state index contributed by atoms with van der Waals surface area (Å²) in [5, 5.41) is 19.9. The highest BCUT2D eigenvalue weighted by atomic mass is 16.5. The van der Waals surface area contributed by atoms with E-state index in [2.05, 4.69) is 0 Å². The van der Waals surface area contributed by atoms with Gasteiger partial charge in [0.15, 0.2) is 11.5 Å². The molecule has 0 fully saturated rings. The lowest BCUT2D eigenvalue weighted by molar-refractivity contribution is 0.247. The fourth-order valence-electron chi connectivity index (χ4n) is 2.27. The molecule has 1 heterocycles. The van der Waals surface area contributed by atoms with Crippen LogP contribution in [-0.2, 0) is 0 Å². The Hall–Kier alpha value is -2.62. The molecule has 0 saturated carbocycles. The SMILES string of the molecule is COc1c(O)cc2c(c1O)C=CC(c1ccccc1)O2. The number of fused-ring (bicyclic) bond motifs is 1. The molecule has 0 aromatic heterocycles. The summed E-state index contributed by atoms with van der Waals surface area (Å²) in [6.07, 6.45) is 3.39. The summed E-state index contributed by atoms with van der Waals surface area (Å²) in [5.41, 5.74) is 1.51. The highest BCUT2D eigenvalue weighted by Crippen LogP contribution is 2.47. The lowest BCUT2D eigenvalue weighted by Crippen LogP contribution is -2.09. The van der Waals surface area contributed by atoms with Crippen LogP contribution in [0, 0.1) is 0 Å². The molecule has 2 N–H and O–H groups in total. The molecule has 2 aromatic rings. The normalized spacial score (nSPS) is 16.4. The Morgan fingerprint density at radius 1 is 1.15 bits per heavy atom. The average Bonchev–Trinajstić information content (AvgIpc) is 2.48. The summed E-state index contributed by atoms with van der Waals surface area (Å²) in [6, 6.07) is 11.2. The van der Waals surface area contributed by atoms with Gasteiger partial charge in [-0.25, -0.2) is 0 Å². The maximum Gasteiger partial charge on any atom is 0.203 e. The third kappa shape index (κ3) is 1.95. The molecule has 0 aliphatic carbocycles. The van der Waals surface area contributed by atoms with Crippen LogP contribution in [0.3, 0.4) is 0 Å². The predicted octanol–water partition coefficient (Wildman–Crippen LogP) is 3.25. The molecule has 0 saturated heterocycles. The first-order valence-electron chi connectivity index (χ1n) is 6.23. The number of rotatable bonds is 2. The highest BCUT2D eigenvalue weighted by Gasteiger charge is 2.23. The molecule has 102 valence electrons. The van der Waals surface area contributed by atoms with Crippen molar-refractivity contribution in [2.45, 2.75) is 6.10 Å². The molecule has 20 heavy (non-hydrogen) atoms. The van der Waals surface area contributed by atoms with Gasteiger partial charge in [0.05, 0.1) is 12.7 Å². The number of phenols is 2. The molecule has 2 aromatic carbocycles. The maximum atomic E-state index is 10.1. The third-order valence-corrected chi connectivity index (χ3v) is 3.26. The van der Waals surface area contributed by atoms with E-state index in [1.807, 2.05) is 36.4 Å². The second-order valence-corrected chi connectivity index (χ2v) is 4.50. The van der Waals surface area contributed by atoms with Gasteiger partial charge in [0.2, 0.25) is 5.75 Å². The van der Waals surface area contributed by atoms with Crippen molar-refractivity contribution < 1.29 is 19.7 Å². The Morgan fingerprint density at radius 2 is 1.90 bits per heavy atom. The monoisotopic (exact) mass is 270 g/mol. The van der Waals surface area contributed by atoms with Gasteiger partial charge in [-0.1, -0.05) is 30.3 Å². The largest absolute Gasteiger partial charge is 0.504 e. The van der Waals surface area contributed by atoms with Gasteiger partial charge in [0.1, 0.15) is 11.9 Å². The highest BCUT2D eigenvalue weighted by molar-refractivity contribution is 5.73. The Balaban J connectivity index is 2.02. The Morgan fingerprint density at radius 3 is 2.60 bits per heavy atom. The summed E-state index contributed by atoms with van der Waals surface area (Å²) in [4.78, 5) is 0. The van der Waals surface area contributed by atoms with E-state index in [1.165, 1.54) is 13.2 Å². The van der Waals surface area contributed by atoms with Crippen LogP contribution in [0.25, 0.3) is 6.08 Å². The van der Waals surface area contributed by atoms with Gasteiger partial charge in [0, 0.05) is 6.07 Å². The van der Waals surface area contributed by atoms with Gasteiger partial charge in [-0.15, -0.1) is 0 Å². The van der Waals surface area contributed by atoms with Crippen molar-refractivity contribution in [2.24, 2.45) is 0 Å². The van der Waals surface area contributed by atoms with Gasteiger partial charge < -0.3 is 19.7 Å². The quantitative estimate of drug-likeness (QED) is 0.879. The smallest absolute Gasteiger partial charge is 0.203 e. The van der Waals surface area contributed by atoms with E-state index in [1.54, 1.807) is 6.08 Å². The standard InChI is InChI=1S/C16H14O4/c1-19-16-12(17)9-14-11(15(16)18)7-8-13(20-14)10-5-3-2-4-6-10/h2-9,13,17-18H,1H3. The van der Waals surface area contributed by atoms with Crippen molar-refractivity contribution >= 4 is 6.08 Å². The molecular formula is C16H14O4. The molecular weight excluding hydrogens is 256 g/mol. The lowest BCUT2D eigenvalue weighted by Gasteiger charge is -2.23. The summed E-state index contributed by atoms with van der Waals surface area (Å²) < 4.78 is 10.8. The number of ether oxygens (including phenoxy) is 2. The minimum atomic E-state index is -0.240. The zero-order valence-electron chi connectivity index (χ0n) is 10.9. The Labute approximate surface area is 116 Å². The number of aromatic hydroxyl groups is 2. The molecule has 4 heteroatoms. The number of hydrogen-bond donors (Lipinski definition) is 2. The van der Waals surface area contributed by atoms with Crippen LogP contribution in [0.1, 0.15) is 17.2 Å². The summed E-state index contributed by atoms with van der Waals surface area (Å²) >= 11 is 0. The summed E-state index contributed by atoms with van der Waals surface area (Å²) in [7, 11) is 1.39. The second-order valence-electron chi connectivity index (χ2n) is 4.50. The molecule has 0 amide bonds. The molecule has 1 aliphatic rings. The van der Waals surface area contributed by atoms with Crippen LogP contribution in [-0.4, -0.2) is 17.3 Å². The van der Waals surface area contributed by atoms with Crippen LogP contribution < -0.4 is 9.47 Å². The van der Waals surface area contributed by atoms with E-state index in [0.717, 1.165) is 5.56 Å². The van der Waals surface area contributed by atoms with E-state index in [4.69, 9.17) is 9.47 Å². The number of hydrogen-bond acceptors (Lipinski definition) is 4. The fourth-order valence-corrected chi connectivity index (χ4v) is 2.27. The summed E-state index contributed by atoms with van der Waals surface area (Å²) in [5.74, 6) is 0.212. The Bertz CT molecular complexity index is 662. The van der Waals surface area contributed by atoms with Crippen molar-refractivity contribution in [1.29, 1.82) is 0 Å². The lowest BCUT2D eigenvalue weighted by atomic mass is 10.0. The molecule has 1 aliphatic heterocycles. The minimum absolute atomic E-state index is 0.0511. The molecule has 0 spiro atoms. The van der Waals surface area contributed by atoms with E-state index in [0.29, 0.717) is 11.3 Å². The molecule has 1 unspecified atom stereocenters. The molecule has 1 atom stereocenters. The van der Waals surface area contributed by atoms with Gasteiger partial charge in [-0.3, -0.25) is 0 Å². The number of phenolic OH excluding ortho intramolecular Hbond substituents is 2. The zero-order valence-corrected chi connectivity index (χ0v) is 10.9. The van der Waals surface area contributed by atoms with E-state index in [-0.39, 0.29) is 23.4 Å². The first-order valence-corrected chi connectivity index (χ1v) is 6.23. The van der Waals surface area contributed by atoms with Crippen molar-refractivity contribution in [3.63, 3.8) is 0 Å². The molecule has 0 bridgehead atoms. The van der Waals surface area contributed by atoms with Gasteiger partial charge in [-0.2, -0.15) is 0 Å². The van der Waals surface area contributed by atoms with Crippen molar-refractivity contribution in [3.8, 4) is 23.0 Å². The van der Waals surface area contributed by atoms with Gasteiger partial charge in [0.25, 0.3) is 0 Å². The molecule has 4 nitrogen and oxygen atoms in total. The average molecular weight is 270 g/mol. The number of benzene rings is 2. The third-order valence-electron chi connectivity index (χ3n) is 3.26. The maximum absolute atomic E-state index is 10.1. The van der Waals surface area contributed by atoms with E-state index < -0.39 is 0 Å². The van der Waals surface area contributed by atoms with E-state index >= 15 is 0 Å². The fraction of sp³-hybridized carbons (Fsp3) is 0.125. The zero-order chi connectivity index (χ0) is 14.1. The van der Waals surface area contributed by atoms with Crippen molar-refractivity contribution in [1.82, 2.24) is 0 Å². The summed E-state index contributed by atoms with van der Waals surface area (Å²) in [6.45, 7) is 0. The Kier molecular flexibility index (Phi) is 2.99.